The summed E-state index contributed by atoms with van der Waals surface area (Å²) < 4.78 is 2.41. The molecule has 0 bridgehead atoms. The second kappa shape index (κ2) is 8.28. The number of thiazole rings is 1. The molecule has 2 aromatic heterocycles. The van der Waals surface area contributed by atoms with Gasteiger partial charge in [0.1, 0.15) is 5.82 Å². The number of aryl methyl sites for hydroxylation is 1. The molecule has 1 fully saturated rings. The molecular weight excluding hydrogens is 384 g/mol. The number of nitrogens with zero attached hydrogens (tertiary/aromatic N) is 5. The van der Waals surface area contributed by atoms with E-state index in [0.29, 0.717) is 18.6 Å². The van der Waals surface area contributed by atoms with Gasteiger partial charge < -0.3 is 19.7 Å². The van der Waals surface area contributed by atoms with E-state index in [4.69, 9.17) is 4.98 Å². The topological polar surface area (TPSA) is 66.3 Å². The fourth-order valence-electron chi connectivity index (χ4n) is 4.68. The highest BCUT2D eigenvalue weighted by atomic mass is 32.1. The van der Waals surface area contributed by atoms with Crippen LogP contribution in [0.3, 0.4) is 0 Å². The first-order valence-corrected chi connectivity index (χ1v) is 11.2. The van der Waals surface area contributed by atoms with E-state index in [1.807, 2.05) is 23.7 Å². The van der Waals surface area contributed by atoms with Crippen LogP contribution in [0, 0.1) is 6.92 Å². The maximum Gasteiger partial charge on any atom is 0.219 e. The summed E-state index contributed by atoms with van der Waals surface area (Å²) >= 11 is 1.70. The van der Waals surface area contributed by atoms with Gasteiger partial charge in [-0.2, -0.15) is 0 Å². The fourth-order valence-corrected chi connectivity index (χ4v) is 5.44. The third-order valence-electron chi connectivity index (χ3n) is 6.22. The quantitative estimate of drug-likeness (QED) is 0.787. The van der Waals surface area contributed by atoms with Gasteiger partial charge in [-0.05, 0) is 20.4 Å². The molecule has 2 unspecified atom stereocenters. The Morgan fingerprint density at radius 1 is 1.48 bits per heavy atom. The Labute approximate surface area is 176 Å². The Bertz CT molecular complexity index is 889. The summed E-state index contributed by atoms with van der Waals surface area (Å²) in [6.07, 6.45) is 4.83. The number of rotatable bonds is 6. The van der Waals surface area contributed by atoms with Crippen LogP contribution < -0.4 is 5.32 Å². The van der Waals surface area contributed by atoms with Crippen molar-refractivity contribution < 1.29 is 4.79 Å². The first-order chi connectivity index (χ1) is 14.0. The lowest BCUT2D eigenvalue weighted by molar-refractivity contribution is -0.129. The van der Waals surface area contributed by atoms with E-state index in [-0.39, 0.29) is 5.91 Å². The van der Waals surface area contributed by atoms with Crippen molar-refractivity contribution in [2.24, 2.45) is 0 Å². The number of aromatic nitrogens is 3. The van der Waals surface area contributed by atoms with Crippen molar-refractivity contribution in [2.75, 3.05) is 26.7 Å². The molecule has 2 aliphatic heterocycles. The average Bonchev–Trinajstić information content (AvgIpc) is 3.40. The summed E-state index contributed by atoms with van der Waals surface area (Å²) in [4.78, 5) is 26.3. The second-order valence-electron chi connectivity index (χ2n) is 8.02. The maximum atomic E-state index is 11.7. The highest BCUT2D eigenvalue weighted by molar-refractivity contribution is 7.09. The zero-order valence-electron chi connectivity index (χ0n) is 17.5. The molecule has 0 spiro atoms. The first-order valence-electron chi connectivity index (χ1n) is 10.3. The van der Waals surface area contributed by atoms with Crippen molar-refractivity contribution >= 4 is 17.2 Å². The van der Waals surface area contributed by atoms with Gasteiger partial charge in [-0.25, -0.2) is 4.98 Å². The molecule has 2 aliphatic rings. The van der Waals surface area contributed by atoms with E-state index in [0.717, 1.165) is 50.4 Å². The minimum atomic E-state index is 0.128. The Morgan fingerprint density at radius 3 is 3.00 bits per heavy atom. The number of imidazole rings is 1. The first kappa shape index (κ1) is 20.1. The van der Waals surface area contributed by atoms with Crippen molar-refractivity contribution in [2.45, 2.75) is 51.7 Å². The van der Waals surface area contributed by atoms with Crippen molar-refractivity contribution in [1.29, 1.82) is 0 Å². The number of likely N-dealkylation sites (tertiary alicyclic amines) is 1. The van der Waals surface area contributed by atoms with E-state index < -0.39 is 0 Å². The van der Waals surface area contributed by atoms with Crippen LogP contribution in [0.5, 0.6) is 0 Å². The van der Waals surface area contributed by atoms with Gasteiger partial charge in [-0.3, -0.25) is 9.78 Å². The molecule has 2 aromatic rings. The lowest BCUT2D eigenvalue weighted by Crippen LogP contribution is -2.35. The molecule has 29 heavy (non-hydrogen) atoms. The summed E-state index contributed by atoms with van der Waals surface area (Å²) in [6.45, 7) is 11.4. The summed E-state index contributed by atoms with van der Waals surface area (Å²) in [6, 6.07) is 0.703. The normalized spacial score (nSPS) is 20.2. The predicted molar refractivity (Wildman–Crippen MR) is 115 cm³/mol. The Balaban J connectivity index is 1.44. The summed E-state index contributed by atoms with van der Waals surface area (Å²) in [5, 5.41) is 3.41. The van der Waals surface area contributed by atoms with Crippen molar-refractivity contribution in [3.8, 4) is 0 Å². The molecule has 0 radical (unpaired) electrons. The van der Waals surface area contributed by atoms with E-state index in [1.54, 1.807) is 18.3 Å². The largest absolute Gasteiger partial charge is 0.373 e. The van der Waals surface area contributed by atoms with Crippen LogP contribution in [-0.4, -0.2) is 56.9 Å². The number of carbonyl (C=O) groups excluding carboxylic acids is 1. The molecule has 156 valence electrons. The van der Waals surface area contributed by atoms with Crippen molar-refractivity contribution in [3.05, 3.63) is 46.1 Å². The summed E-state index contributed by atoms with van der Waals surface area (Å²) in [7, 11) is 2.01. The molecule has 7 nitrogen and oxygen atoms in total. The monoisotopic (exact) mass is 414 g/mol. The molecule has 0 aromatic carbocycles. The molecule has 1 amide bonds. The molecule has 0 saturated carbocycles. The van der Waals surface area contributed by atoms with Gasteiger partial charge in [0.05, 0.1) is 23.8 Å². The van der Waals surface area contributed by atoms with Gasteiger partial charge in [0.25, 0.3) is 0 Å². The van der Waals surface area contributed by atoms with Gasteiger partial charge in [-0.15, -0.1) is 11.3 Å². The van der Waals surface area contributed by atoms with E-state index in [1.165, 1.54) is 16.3 Å². The zero-order chi connectivity index (χ0) is 20.5. The number of hydrogen-bond acceptors (Lipinski definition) is 6. The number of amides is 1. The van der Waals surface area contributed by atoms with Crippen LogP contribution >= 0.6 is 11.3 Å². The number of hydrogen-bond donors (Lipinski definition) is 1. The van der Waals surface area contributed by atoms with E-state index in [2.05, 4.69) is 33.3 Å². The Kier molecular flexibility index (Phi) is 5.74. The predicted octanol–water partition coefficient (Wildman–Crippen LogP) is 2.66. The zero-order valence-corrected chi connectivity index (χ0v) is 18.3. The molecular formula is C21H30N6OS. The number of nitrogens with one attached hydrogen (secondary N) is 1. The standard InChI is InChI=1S/C21H30N6OS/c1-14-9-17(11-25(14)7-5-18(22-4)21-10-23-13-29-21)27-15(2)24-19-12-26(16(3)28)8-6-20(19)27/h10,13,17-18,22H,1,5-9,11-12H2,2-4H3. The van der Waals surface area contributed by atoms with Gasteiger partial charge in [-0.1, -0.05) is 6.58 Å². The molecule has 1 N–H and O–H groups in total. The number of fused-ring (bicyclic) bond motifs is 1. The lowest BCUT2D eigenvalue weighted by Gasteiger charge is -2.27. The minimum Gasteiger partial charge on any atom is -0.373 e. The van der Waals surface area contributed by atoms with E-state index >= 15 is 0 Å². The Hall–Kier alpha value is -2.19. The van der Waals surface area contributed by atoms with Gasteiger partial charge in [0.2, 0.25) is 5.91 Å². The third-order valence-corrected chi connectivity index (χ3v) is 7.11. The molecule has 1 saturated heterocycles. The second-order valence-corrected chi connectivity index (χ2v) is 8.93. The van der Waals surface area contributed by atoms with Crippen molar-refractivity contribution in [3.63, 3.8) is 0 Å². The van der Waals surface area contributed by atoms with Crippen LogP contribution in [0.25, 0.3) is 0 Å². The summed E-state index contributed by atoms with van der Waals surface area (Å²) in [5.74, 6) is 1.18. The highest BCUT2D eigenvalue weighted by Crippen LogP contribution is 2.34. The van der Waals surface area contributed by atoms with Gasteiger partial charge >= 0.3 is 0 Å². The highest BCUT2D eigenvalue weighted by Gasteiger charge is 2.32. The number of carbonyl (C=O) groups is 1. The molecule has 8 heteroatoms. The molecule has 0 aliphatic carbocycles. The van der Waals surface area contributed by atoms with Crippen LogP contribution in [0.4, 0.5) is 0 Å². The molecule has 2 atom stereocenters. The van der Waals surface area contributed by atoms with E-state index in [9.17, 15) is 4.79 Å². The SMILES string of the molecule is C=C1CC(n2c(C)nc3c2CCN(C(C)=O)C3)CN1CCC(NC)c1cncs1. The number of allylic oxidation sites excluding steroid dienone is 1. The van der Waals surface area contributed by atoms with Gasteiger partial charge in [0, 0.05) is 67.9 Å². The van der Waals surface area contributed by atoms with Crippen molar-refractivity contribution in [1.82, 2.24) is 29.7 Å². The average molecular weight is 415 g/mol. The smallest absolute Gasteiger partial charge is 0.219 e. The Morgan fingerprint density at radius 2 is 2.31 bits per heavy atom. The van der Waals surface area contributed by atoms with Gasteiger partial charge in [0.15, 0.2) is 0 Å². The van der Waals surface area contributed by atoms with Crippen LogP contribution in [0.15, 0.2) is 24.0 Å². The molecule has 4 heterocycles. The maximum absolute atomic E-state index is 11.7. The molecule has 4 rings (SSSR count). The fraction of sp³-hybridized carbons (Fsp3) is 0.571. The van der Waals surface area contributed by atoms with Crippen LogP contribution in [0.1, 0.15) is 53.9 Å². The third kappa shape index (κ3) is 3.96. The summed E-state index contributed by atoms with van der Waals surface area (Å²) in [5.41, 5.74) is 5.46. The van der Waals surface area contributed by atoms with Crippen LogP contribution in [0.2, 0.25) is 0 Å². The van der Waals surface area contributed by atoms with Crippen LogP contribution in [-0.2, 0) is 17.8 Å². The lowest BCUT2D eigenvalue weighted by atomic mass is 10.1. The minimum absolute atomic E-state index is 0.128.